The second-order valence-corrected chi connectivity index (χ2v) is 5.30. The van der Waals surface area contributed by atoms with E-state index in [1.54, 1.807) is 11.6 Å². The van der Waals surface area contributed by atoms with E-state index < -0.39 is 28.3 Å². The molecule has 0 aromatic carbocycles. The first-order chi connectivity index (χ1) is 8.92. The second kappa shape index (κ2) is 6.68. The van der Waals surface area contributed by atoms with Crippen molar-refractivity contribution in [3.63, 3.8) is 0 Å². The minimum atomic E-state index is -4.14. The molecule has 1 atom stereocenters. The van der Waals surface area contributed by atoms with Crippen LogP contribution in [0.25, 0.3) is 0 Å². The smallest absolute Gasteiger partial charge is 0.421 e. The van der Waals surface area contributed by atoms with Gasteiger partial charge in [-0.1, -0.05) is 0 Å². The Hall–Kier alpha value is -1.39. The van der Waals surface area contributed by atoms with Gasteiger partial charge in [0.15, 0.2) is 0 Å². The number of rotatable bonds is 4. The van der Waals surface area contributed by atoms with Gasteiger partial charge in [-0.25, -0.2) is 9.52 Å². The van der Waals surface area contributed by atoms with E-state index >= 15 is 0 Å². The largest absolute Gasteiger partial charge is 0.465 e. The van der Waals surface area contributed by atoms with E-state index in [-0.39, 0.29) is 19.7 Å². The van der Waals surface area contributed by atoms with Gasteiger partial charge in [0, 0.05) is 19.6 Å². The lowest BCUT2D eigenvalue weighted by molar-refractivity contribution is -0.148. The molecule has 1 rings (SSSR count). The van der Waals surface area contributed by atoms with Crippen molar-refractivity contribution in [1.82, 2.24) is 14.3 Å². The second-order valence-electron chi connectivity index (χ2n) is 3.68. The number of ether oxygens (including phenoxy) is 2. The number of carbonyl (C=O) groups is 2. The zero-order chi connectivity index (χ0) is 14.5. The summed E-state index contributed by atoms with van der Waals surface area (Å²) in [5.74, 6) is -0.662. The highest BCUT2D eigenvalue weighted by atomic mass is 32.2. The molecule has 0 aromatic rings. The van der Waals surface area contributed by atoms with Gasteiger partial charge >= 0.3 is 22.3 Å². The van der Waals surface area contributed by atoms with Gasteiger partial charge in [0.1, 0.15) is 6.04 Å². The van der Waals surface area contributed by atoms with E-state index in [9.17, 15) is 18.0 Å². The van der Waals surface area contributed by atoms with Gasteiger partial charge in [-0.3, -0.25) is 4.79 Å². The van der Waals surface area contributed by atoms with Crippen LogP contribution in [0.3, 0.4) is 0 Å². The van der Waals surface area contributed by atoms with Gasteiger partial charge in [-0.15, -0.1) is 0 Å². The number of nitrogens with zero attached hydrogens (tertiary/aromatic N) is 1. The van der Waals surface area contributed by atoms with Crippen LogP contribution >= 0.6 is 0 Å². The molecule has 0 radical (unpaired) electrons. The molecule has 1 aliphatic rings. The summed E-state index contributed by atoms with van der Waals surface area (Å²) in [4.78, 5) is 22.7. The van der Waals surface area contributed by atoms with Crippen LogP contribution in [-0.2, 0) is 24.5 Å². The summed E-state index contributed by atoms with van der Waals surface area (Å²) in [5, 5.41) is 2.89. The lowest BCUT2D eigenvalue weighted by Crippen LogP contribution is -2.60. The quantitative estimate of drug-likeness (QED) is 0.602. The molecule has 1 fully saturated rings. The SMILES string of the molecule is CCOC(=O)C1CNCCN1S(=O)(=O)NC(=O)OC. The normalized spacial score (nSPS) is 20.6. The molecule has 1 saturated heterocycles. The van der Waals surface area contributed by atoms with Crippen LogP contribution in [0.1, 0.15) is 6.92 Å². The summed E-state index contributed by atoms with van der Waals surface area (Å²) in [6.07, 6.45) is -1.11. The van der Waals surface area contributed by atoms with Crippen molar-refractivity contribution in [2.45, 2.75) is 13.0 Å². The van der Waals surface area contributed by atoms with Crippen molar-refractivity contribution in [3.8, 4) is 0 Å². The first-order valence-corrected chi connectivity index (χ1v) is 7.11. The molecular weight excluding hydrogens is 278 g/mol. The van der Waals surface area contributed by atoms with E-state index in [4.69, 9.17) is 4.74 Å². The van der Waals surface area contributed by atoms with Gasteiger partial charge < -0.3 is 14.8 Å². The summed E-state index contributed by atoms with van der Waals surface area (Å²) >= 11 is 0. The molecule has 19 heavy (non-hydrogen) atoms. The molecule has 1 unspecified atom stereocenters. The number of piperazine rings is 1. The Labute approximate surface area is 111 Å². The van der Waals surface area contributed by atoms with E-state index in [0.717, 1.165) is 11.4 Å². The van der Waals surface area contributed by atoms with Crippen molar-refractivity contribution in [3.05, 3.63) is 0 Å². The lowest BCUT2D eigenvalue weighted by Gasteiger charge is -2.32. The van der Waals surface area contributed by atoms with Crippen LogP contribution < -0.4 is 10.0 Å². The standard InChI is InChI=1S/C9H17N3O6S/c1-3-18-8(13)7-6-10-4-5-12(7)19(15,16)11-9(14)17-2/h7,10H,3-6H2,1-2H3,(H,11,14). The van der Waals surface area contributed by atoms with Crippen LogP contribution in [-0.4, -0.2) is 64.2 Å². The molecule has 1 amide bonds. The predicted molar refractivity (Wildman–Crippen MR) is 64.5 cm³/mol. The molecule has 2 N–H and O–H groups in total. The fraction of sp³-hybridized carbons (Fsp3) is 0.778. The van der Waals surface area contributed by atoms with Crippen molar-refractivity contribution in [1.29, 1.82) is 0 Å². The Morgan fingerprint density at radius 3 is 2.74 bits per heavy atom. The third-order valence-electron chi connectivity index (χ3n) is 2.46. The third kappa shape index (κ3) is 4.04. The molecular formula is C9H17N3O6S. The Bertz CT molecular complexity index is 437. The zero-order valence-corrected chi connectivity index (χ0v) is 11.5. The topological polar surface area (TPSA) is 114 Å². The molecule has 0 bridgehead atoms. The van der Waals surface area contributed by atoms with E-state index in [1.807, 2.05) is 0 Å². The molecule has 0 aliphatic carbocycles. The third-order valence-corrected chi connectivity index (χ3v) is 3.94. The van der Waals surface area contributed by atoms with Gasteiger partial charge in [0.05, 0.1) is 13.7 Å². The minimum absolute atomic E-state index is 0.0514. The highest BCUT2D eigenvalue weighted by molar-refractivity contribution is 7.87. The van der Waals surface area contributed by atoms with Crippen LogP contribution in [0.5, 0.6) is 0 Å². The van der Waals surface area contributed by atoms with Crippen LogP contribution in [0.4, 0.5) is 4.79 Å². The van der Waals surface area contributed by atoms with E-state index in [2.05, 4.69) is 10.1 Å². The predicted octanol–water partition coefficient (Wildman–Crippen LogP) is -1.58. The number of hydrogen-bond donors (Lipinski definition) is 2. The molecule has 0 spiro atoms. The highest BCUT2D eigenvalue weighted by Gasteiger charge is 2.38. The van der Waals surface area contributed by atoms with Crippen molar-refractivity contribution in [2.24, 2.45) is 0 Å². The average molecular weight is 295 g/mol. The zero-order valence-electron chi connectivity index (χ0n) is 10.7. The molecule has 10 heteroatoms. The number of esters is 1. The molecule has 0 aromatic heterocycles. The van der Waals surface area contributed by atoms with Crippen molar-refractivity contribution in [2.75, 3.05) is 33.4 Å². The first-order valence-electron chi connectivity index (χ1n) is 5.67. The monoisotopic (exact) mass is 295 g/mol. The fourth-order valence-electron chi connectivity index (χ4n) is 1.62. The minimum Gasteiger partial charge on any atom is -0.465 e. The average Bonchev–Trinajstić information content (AvgIpc) is 2.38. The Balaban J connectivity index is 2.87. The molecule has 1 aliphatic heterocycles. The Kier molecular flexibility index (Phi) is 5.51. The first kappa shape index (κ1) is 15.7. The molecule has 1 heterocycles. The molecule has 0 saturated carbocycles. The van der Waals surface area contributed by atoms with Crippen LogP contribution in [0.2, 0.25) is 0 Å². The van der Waals surface area contributed by atoms with Gasteiger partial charge in [0.25, 0.3) is 0 Å². The maximum atomic E-state index is 12.0. The molecule has 9 nitrogen and oxygen atoms in total. The maximum absolute atomic E-state index is 12.0. The number of methoxy groups -OCH3 is 1. The number of hydrogen-bond acceptors (Lipinski definition) is 7. The van der Waals surface area contributed by atoms with Crippen molar-refractivity contribution >= 4 is 22.3 Å². The lowest BCUT2D eigenvalue weighted by atomic mass is 10.2. The summed E-state index contributed by atoms with van der Waals surface area (Å²) < 4.78 is 35.5. The number of carbonyl (C=O) groups excluding carboxylic acids is 2. The van der Waals surface area contributed by atoms with Gasteiger partial charge in [-0.2, -0.15) is 12.7 Å². The fourth-order valence-corrected chi connectivity index (χ4v) is 2.86. The van der Waals surface area contributed by atoms with Crippen LogP contribution in [0, 0.1) is 0 Å². The van der Waals surface area contributed by atoms with Crippen LogP contribution in [0.15, 0.2) is 0 Å². The van der Waals surface area contributed by atoms with Crippen molar-refractivity contribution < 1.29 is 27.5 Å². The maximum Gasteiger partial charge on any atom is 0.421 e. The Morgan fingerprint density at radius 2 is 2.16 bits per heavy atom. The van der Waals surface area contributed by atoms with Gasteiger partial charge in [0.2, 0.25) is 0 Å². The van der Waals surface area contributed by atoms with E-state index in [0.29, 0.717) is 6.54 Å². The summed E-state index contributed by atoms with van der Waals surface area (Å²) in [7, 11) is -3.09. The Morgan fingerprint density at radius 1 is 1.47 bits per heavy atom. The number of nitrogens with one attached hydrogen (secondary N) is 2. The van der Waals surface area contributed by atoms with Gasteiger partial charge in [-0.05, 0) is 6.92 Å². The number of amides is 1. The highest BCUT2D eigenvalue weighted by Crippen LogP contribution is 2.10. The summed E-state index contributed by atoms with van der Waals surface area (Å²) in [5.41, 5.74) is 0. The summed E-state index contributed by atoms with van der Waals surface area (Å²) in [6.45, 7) is 2.32. The summed E-state index contributed by atoms with van der Waals surface area (Å²) in [6, 6.07) is -1.00. The van der Waals surface area contributed by atoms with E-state index in [1.165, 1.54) is 0 Å². The molecule has 110 valence electrons.